The minimum atomic E-state index is -2.80. The molecule has 0 spiro atoms. The van der Waals surface area contributed by atoms with Crippen molar-refractivity contribution in [3.63, 3.8) is 0 Å². The van der Waals surface area contributed by atoms with Crippen LogP contribution in [0.5, 0.6) is 5.75 Å². The predicted molar refractivity (Wildman–Crippen MR) is 87.3 cm³/mol. The number of hydrogen-bond donors (Lipinski definition) is 1. The monoisotopic (exact) mass is 376 g/mol. The highest BCUT2D eigenvalue weighted by molar-refractivity contribution is 9.10. The van der Waals surface area contributed by atoms with E-state index in [9.17, 15) is 8.78 Å². The zero-order valence-electron chi connectivity index (χ0n) is 13.0. The number of halogens is 3. The van der Waals surface area contributed by atoms with Crippen LogP contribution in [0, 0.1) is 0 Å². The number of ether oxygens (including phenoxy) is 1. The van der Waals surface area contributed by atoms with Crippen LogP contribution in [0.25, 0.3) is 0 Å². The van der Waals surface area contributed by atoms with E-state index in [-0.39, 0.29) is 5.75 Å². The molecule has 1 aromatic carbocycles. The molecule has 1 aliphatic rings. The Balaban J connectivity index is 1.90. The first-order valence-corrected chi connectivity index (χ1v) is 8.45. The second kappa shape index (κ2) is 8.22. The van der Waals surface area contributed by atoms with Crippen LogP contribution in [0.1, 0.15) is 32.3 Å². The molecule has 6 heteroatoms. The van der Waals surface area contributed by atoms with Gasteiger partial charge in [0.2, 0.25) is 0 Å². The molecule has 1 fully saturated rings. The Morgan fingerprint density at radius 1 is 1.32 bits per heavy atom. The molecular weight excluding hydrogens is 354 g/mol. The van der Waals surface area contributed by atoms with Gasteiger partial charge in [-0.05, 0) is 58.0 Å². The molecule has 0 aromatic heterocycles. The van der Waals surface area contributed by atoms with Gasteiger partial charge in [-0.1, -0.05) is 15.9 Å². The number of likely N-dealkylation sites (tertiary alicyclic amines) is 1. The molecular formula is C16H23BrF2N2O. The molecule has 0 bridgehead atoms. The highest BCUT2D eigenvalue weighted by Crippen LogP contribution is 2.25. The summed E-state index contributed by atoms with van der Waals surface area (Å²) in [5, 5.41) is 3.47. The van der Waals surface area contributed by atoms with Crippen LogP contribution >= 0.6 is 15.9 Å². The lowest BCUT2D eigenvalue weighted by molar-refractivity contribution is -0.0505. The lowest BCUT2D eigenvalue weighted by atomic mass is 10.0. The number of hydrogen-bond acceptors (Lipinski definition) is 3. The smallest absolute Gasteiger partial charge is 0.387 e. The first-order valence-electron chi connectivity index (χ1n) is 7.66. The van der Waals surface area contributed by atoms with Gasteiger partial charge < -0.3 is 15.0 Å². The second-order valence-electron chi connectivity index (χ2n) is 5.92. The van der Waals surface area contributed by atoms with Gasteiger partial charge in [0.15, 0.2) is 0 Å². The number of nitrogens with one attached hydrogen (secondary N) is 1. The standard InChI is InChI=1S/C16H23BrF2N2O/c1-11(2)21-7-5-14(6-8-21)20-10-12-9-13(17)3-4-15(12)22-16(18)19/h3-4,9,11,14,16,20H,5-8,10H2,1-2H3. The molecule has 2 rings (SSSR count). The summed E-state index contributed by atoms with van der Waals surface area (Å²) in [5.74, 6) is 0.241. The number of rotatable bonds is 6. The van der Waals surface area contributed by atoms with E-state index in [1.54, 1.807) is 12.1 Å². The van der Waals surface area contributed by atoms with E-state index in [4.69, 9.17) is 0 Å². The number of nitrogens with zero attached hydrogens (tertiary/aromatic N) is 1. The SMILES string of the molecule is CC(C)N1CCC(NCc2cc(Br)ccc2OC(F)F)CC1. The quantitative estimate of drug-likeness (QED) is 0.811. The Bertz CT molecular complexity index is 477. The summed E-state index contributed by atoms with van der Waals surface area (Å²) in [7, 11) is 0. The van der Waals surface area contributed by atoms with Gasteiger partial charge in [-0.2, -0.15) is 8.78 Å². The largest absolute Gasteiger partial charge is 0.434 e. The van der Waals surface area contributed by atoms with Crippen LogP contribution in [-0.2, 0) is 6.54 Å². The predicted octanol–water partition coefficient (Wildman–Crippen LogP) is 4.01. The third-order valence-corrected chi connectivity index (χ3v) is 4.57. The van der Waals surface area contributed by atoms with E-state index in [1.807, 2.05) is 6.07 Å². The van der Waals surface area contributed by atoms with Gasteiger partial charge in [0.05, 0.1) is 0 Å². The van der Waals surface area contributed by atoms with Crippen molar-refractivity contribution < 1.29 is 13.5 Å². The summed E-state index contributed by atoms with van der Waals surface area (Å²) in [6.45, 7) is 4.32. The third-order valence-electron chi connectivity index (χ3n) is 4.08. The summed E-state index contributed by atoms with van der Waals surface area (Å²) >= 11 is 3.37. The first kappa shape index (κ1) is 17.6. The van der Waals surface area contributed by atoms with Crippen molar-refractivity contribution in [2.45, 2.75) is 51.9 Å². The molecule has 0 saturated carbocycles. The average molecular weight is 377 g/mol. The molecule has 1 aliphatic heterocycles. The highest BCUT2D eigenvalue weighted by atomic mass is 79.9. The maximum Gasteiger partial charge on any atom is 0.387 e. The number of alkyl halides is 2. The van der Waals surface area contributed by atoms with E-state index in [0.29, 0.717) is 18.6 Å². The Morgan fingerprint density at radius 2 is 2.00 bits per heavy atom. The minimum Gasteiger partial charge on any atom is -0.434 e. The van der Waals surface area contributed by atoms with Gasteiger partial charge in [0.1, 0.15) is 5.75 Å². The Labute approximate surface area is 139 Å². The Kier molecular flexibility index (Phi) is 6.59. The molecule has 3 nitrogen and oxygen atoms in total. The first-order chi connectivity index (χ1) is 10.5. The Morgan fingerprint density at radius 3 is 2.59 bits per heavy atom. The zero-order valence-corrected chi connectivity index (χ0v) is 14.6. The minimum absolute atomic E-state index is 0.241. The topological polar surface area (TPSA) is 24.5 Å². The summed E-state index contributed by atoms with van der Waals surface area (Å²) in [4.78, 5) is 2.46. The molecule has 1 aromatic rings. The molecule has 1 saturated heterocycles. The maximum atomic E-state index is 12.5. The fourth-order valence-electron chi connectivity index (χ4n) is 2.77. The molecule has 0 radical (unpaired) electrons. The molecule has 22 heavy (non-hydrogen) atoms. The summed E-state index contributed by atoms with van der Waals surface area (Å²) in [6.07, 6.45) is 2.16. The van der Waals surface area contributed by atoms with Crippen LogP contribution in [0.15, 0.2) is 22.7 Å². The van der Waals surface area contributed by atoms with Gasteiger partial charge in [0.25, 0.3) is 0 Å². The maximum absolute atomic E-state index is 12.5. The third kappa shape index (κ3) is 5.18. The molecule has 0 aliphatic carbocycles. The number of piperidine rings is 1. The summed E-state index contributed by atoms with van der Waals surface area (Å²) < 4.78 is 30.4. The van der Waals surface area contributed by atoms with Gasteiger partial charge in [-0.3, -0.25) is 0 Å². The van der Waals surface area contributed by atoms with Crippen LogP contribution in [-0.4, -0.2) is 36.7 Å². The van der Waals surface area contributed by atoms with E-state index >= 15 is 0 Å². The van der Waals surface area contributed by atoms with Crippen LogP contribution in [0.2, 0.25) is 0 Å². The van der Waals surface area contributed by atoms with Crippen molar-refractivity contribution in [3.05, 3.63) is 28.2 Å². The zero-order chi connectivity index (χ0) is 16.1. The number of benzene rings is 1. The van der Waals surface area contributed by atoms with E-state index < -0.39 is 6.61 Å². The van der Waals surface area contributed by atoms with Crippen molar-refractivity contribution in [1.82, 2.24) is 10.2 Å². The van der Waals surface area contributed by atoms with Crippen molar-refractivity contribution >= 4 is 15.9 Å². The van der Waals surface area contributed by atoms with Crippen molar-refractivity contribution in [2.24, 2.45) is 0 Å². The van der Waals surface area contributed by atoms with Crippen LogP contribution < -0.4 is 10.1 Å². The summed E-state index contributed by atoms with van der Waals surface area (Å²) in [6, 6.07) is 6.12. The van der Waals surface area contributed by atoms with Crippen molar-refractivity contribution in [1.29, 1.82) is 0 Å². The molecule has 124 valence electrons. The van der Waals surface area contributed by atoms with Gasteiger partial charge in [-0.15, -0.1) is 0 Å². The lowest BCUT2D eigenvalue weighted by Crippen LogP contribution is -2.44. The van der Waals surface area contributed by atoms with Gasteiger partial charge >= 0.3 is 6.61 Å². The van der Waals surface area contributed by atoms with E-state index in [2.05, 4.69) is 44.7 Å². The van der Waals surface area contributed by atoms with Gasteiger partial charge in [-0.25, -0.2) is 0 Å². The highest BCUT2D eigenvalue weighted by Gasteiger charge is 2.20. The normalized spacial score (nSPS) is 17.4. The second-order valence-corrected chi connectivity index (χ2v) is 6.83. The van der Waals surface area contributed by atoms with Gasteiger partial charge in [0, 0.05) is 28.7 Å². The molecule has 1 N–H and O–H groups in total. The summed E-state index contributed by atoms with van der Waals surface area (Å²) in [5.41, 5.74) is 0.751. The van der Waals surface area contributed by atoms with Crippen LogP contribution in [0.4, 0.5) is 8.78 Å². The molecule has 0 unspecified atom stereocenters. The molecule has 1 heterocycles. The molecule has 0 amide bonds. The lowest BCUT2D eigenvalue weighted by Gasteiger charge is -2.35. The van der Waals surface area contributed by atoms with Crippen molar-refractivity contribution in [3.8, 4) is 5.75 Å². The average Bonchev–Trinajstić information content (AvgIpc) is 2.47. The fourth-order valence-corrected chi connectivity index (χ4v) is 3.18. The molecule has 0 atom stereocenters. The van der Waals surface area contributed by atoms with Crippen molar-refractivity contribution in [2.75, 3.05) is 13.1 Å². The van der Waals surface area contributed by atoms with E-state index in [1.165, 1.54) is 0 Å². The van der Waals surface area contributed by atoms with Crippen LogP contribution in [0.3, 0.4) is 0 Å². The van der Waals surface area contributed by atoms with E-state index in [0.717, 1.165) is 36.0 Å². The Hall–Kier alpha value is -0.720. The fraction of sp³-hybridized carbons (Fsp3) is 0.625.